The summed E-state index contributed by atoms with van der Waals surface area (Å²) >= 11 is 0. The number of anilines is 1. The average Bonchev–Trinajstić information content (AvgIpc) is 2.98. The largest absolute Gasteiger partial charge is 0.377 e. The summed E-state index contributed by atoms with van der Waals surface area (Å²) in [6.07, 6.45) is 0.786. The Kier molecular flexibility index (Phi) is 3.87. The molecule has 0 fully saturated rings. The Labute approximate surface area is 142 Å². The van der Waals surface area contributed by atoms with Gasteiger partial charge in [0.15, 0.2) is 5.78 Å². The van der Waals surface area contributed by atoms with E-state index in [-0.39, 0.29) is 17.7 Å². The topological polar surface area (TPSA) is 29.1 Å². The van der Waals surface area contributed by atoms with Crippen LogP contribution < -0.4 is 5.32 Å². The number of hydrogen-bond donors (Lipinski definition) is 1. The summed E-state index contributed by atoms with van der Waals surface area (Å²) in [4.78, 5) is 13.0. The predicted octanol–water partition coefficient (Wildman–Crippen LogP) is 4.90. The molecule has 0 amide bonds. The van der Waals surface area contributed by atoms with Gasteiger partial charge in [0.2, 0.25) is 0 Å². The zero-order valence-electron chi connectivity index (χ0n) is 13.4. The van der Waals surface area contributed by atoms with Crippen LogP contribution in [0.5, 0.6) is 0 Å². The van der Waals surface area contributed by atoms with Crippen LogP contribution in [0.3, 0.4) is 0 Å². The zero-order valence-corrected chi connectivity index (χ0v) is 13.4. The van der Waals surface area contributed by atoms with Gasteiger partial charge in [-0.25, -0.2) is 0 Å². The van der Waals surface area contributed by atoms with Crippen molar-refractivity contribution in [3.05, 3.63) is 102 Å². The molecule has 0 aromatic heterocycles. The minimum atomic E-state index is -0.0787. The molecule has 0 spiro atoms. The van der Waals surface area contributed by atoms with Gasteiger partial charge in [0, 0.05) is 11.3 Å². The first-order valence-electron chi connectivity index (χ1n) is 8.31. The highest BCUT2D eigenvalue weighted by Crippen LogP contribution is 2.37. The summed E-state index contributed by atoms with van der Waals surface area (Å²) in [5.74, 6) is 0.160. The second kappa shape index (κ2) is 6.32. The fourth-order valence-electron chi connectivity index (χ4n) is 3.53. The molecule has 2 heteroatoms. The van der Waals surface area contributed by atoms with Crippen LogP contribution in [0.1, 0.15) is 27.5 Å². The fraction of sp³-hybridized carbons (Fsp3) is 0.136. The molecule has 3 aromatic rings. The van der Waals surface area contributed by atoms with Gasteiger partial charge in [-0.15, -0.1) is 0 Å². The highest BCUT2D eigenvalue weighted by molar-refractivity contribution is 6.02. The van der Waals surface area contributed by atoms with Gasteiger partial charge in [0.25, 0.3) is 0 Å². The number of ketones is 1. The lowest BCUT2D eigenvalue weighted by Gasteiger charge is -2.25. The highest BCUT2D eigenvalue weighted by atomic mass is 16.1. The first-order chi connectivity index (χ1) is 11.8. The molecule has 0 unspecified atom stereocenters. The molecule has 2 nitrogen and oxygen atoms in total. The van der Waals surface area contributed by atoms with Crippen LogP contribution >= 0.6 is 0 Å². The molecule has 2 atom stereocenters. The third-order valence-electron chi connectivity index (χ3n) is 4.72. The molecule has 0 aliphatic heterocycles. The number of benzene rings is 3. The Morgan fingerprint density at radius 1 is 0.792 bits per heavy atom. The van der Waals surface area contributed by atoms with Crippen LogP contribution in [0, 0.1) is 5.92 Å². The average molecular weight is 313 g/mol. The van der Waals surface area contributed by atoms with Gasteiger partial charge in [-0.05, 0) is 29.7 Å². The summed E-state index contributed by atoms with van der Waals surface area (Å²) in [6, 6.07) is 28.3. The van der Waals surface area contributed by atoms with E-state index in [2.05, 4.69) is 23.5 Å². The number of hydrogen-bond acceptors (Lipinski definition) is 2. The zero-order chi connectivity index (χ0) is 16.4. The summed E-state index contributed by atoms with van der Waals surface area (Å²) in [5, 5.41) is 3.58. The first kappa shape index (κ1) is 14.7. The van der Waals surface area contributed by atoms with Gasteiger partial charge in [-0.2, -0.15) is 0 Å². The minimum absolute atomic E-state index is 0.0338. The molecular formula is C22H19NO. The van der Waals surface area contributed by atoms with Gasteiger partial charge in [-0.3, -0.25) is 4.79 Å². The summed E-state index contributed by atoms with van der Waals surface area (Å²) in [5.41, 5.74) is 4.21. The van der Waals surface area contributed by atoms with Gasteiger partial charge in [-0.1, -0.05) is 72.8 Å². The summed E-state index contributed by atoms with van der Waals surface area (Å²) in [7, 11) is 0. The standard InChI is InChI=1S/C22H19NO/c24-22-19-14-8-7-11-17(19)15-20(22)21(16-9-3-1-4-10-16)23-18-12-5-2-6-13-18/h1-14,20-21,23H,15H2/t20-,21+/m0/s1. The normalized spacial score (nSPS) is 17.3. The number of rotatable bonds is 4. The van der Waals surface area contributed by atoms with Gasteiger partial charge >= 0.3 is 0 Å². The molecule has 1 N–H and O–H groups in total. The Balaban J connectivity index is 1.70. The lowest BCUT2D eigenvalue weighted by atomic mass is 9.89. The maximum absolute atomic E-state index is 13.0. The number of carbonyl (C=O) groups excluding carboxylic acids is 1. The molecule has 0 radical (unpaired) electrons. The molecule has 0 saturated carbocycles. The maximum Gasteiger partial charge on any atom is 0.168 e. The highest BCUT2D eigenvalue weighted by Gasteiger charge is 2.36. The van der Waals surface area contributed by atoms with Crippen LogP contribution in [0.4, 0.5) is 5.69 Å². The molecule has 24 heavy (non-hydrogen) atoms. The van der Waals surface area contributed by atoms with E-state index >= 15 is 0 Å². The van der Waals surface area contributed by atoms with E-state index < -0.39 is 0 Å². The van der Waals surface area contributed by atoms with E-state index in [0.717, 1.165) is 28.8 Å². The number of para-hydroxylation sites is 1. The quantitative estimate of drug-likeness (QED) is 0.742. The smallest absolute Gasteiger partial charge is 0.168 e. The molecule has 0 bridgehead atoms. The van der Waals surface area contributed by atoms with E-state index in [0.29, 0.717) is 0 Å². The Morgan fingerprint density at radius 2 is 1.42 bits per heavy atom. The molecule has 4 rings (SSSR count). The van der Waals surface area contributed by atoms with E-state index in [9.17, 15) is 4.79 Å². The Bertz CT molecular complexity index is 842. The monoisotopic (exact) mass is 313 g/mol. The van der Waals surface area contributed by atoms with Crippen molar-refractivity contribution < 1.29 is 4.79 Å². The molecule has 3 aromatic carbocycles. The minimum Gasteiger partial charge on any atom is -0.377 e. The van der Waals surface area contributed by atoms with Gasteiger partial charge in [0.05, 0.1) is 12.0 Å². The summed E-state index contributed by atoms with van der Waals surface area (Å²) < 4.78 is 0. The van der Waals surface area contributed by atoms with Crippen molar-refractivity contribution in [1.82, 2.24) is 0 Å². The Hall–Kier alpha value is -2.87. The first-order valence-corrected chi connectivity index (χ1v) is 8.31. The van der Waals surface area contributed by atoms with Crippen molar-refractivity contribution in [2.75, 3.05) is 5.32 Å². The van der Waals surface area contributed by atoms with Crippen LogP contribution in [0.25, 0.3) is 0 Å². The molecule has 0 saturated heterocycles. The van der Waals surface area contributed by atoms with Crippen molar-refractivity contribution in [3.63, 3.8) is 0 Å². The lowest BCUT2D eigenvalue weighted by Crippen LogP contribution is -2.25. The van der Waals surface area contributed by atoms with E-state index in [1.807, 2.05) is 66.7 Å². The predicted molar refractivity (Wildman–Crippen MR) is 97.2 cm³/mol. The van der Waals surface area contributed by atoms with Crippen molar-refractivity contribution in [2.45, 2.75) is 12.5 Å². The number of carbonyl (C=O) groups is 1. The molecule has 1 aliphatic carbocycles. The SMILES string of the molecule is O=C1c2ccccc2C[C@H]1[C@H](Nc1ccccc1)c1ccccc1. The van der Waals surface area contributed by atoms with Crippen molar-refractivity contribution in [2.24, 2.45) is 5.92 Å². The summed E-state index contributed by atoms with van der Waals surface area (Å²) in [6.45, 7) is 0. The van der Waals surface area contributed by atoms with Crippen LogP contribution in [0.2, 0.25) is 0 Å². The van der Waals surface area contributed by atoms with Crippen molar-refractivity contribution >= 4 is 11.5 Å². The molecule has 1 aliphatic rings. The maximum atomic E-state index is 13.0. The van der Waals surface area contributed by atoms with Gasteiger partial charge in [0.1, 0.15) is 0 Å². The second-order valence-electron chi connectivity index (χ2n) is 6.23. The number of nitrogens with one attached hydrogen (secondary N) is 1. The van der Waals surface area contributed by atoms with E-state index in [1.165, 1.54) is 0 Å². The van der Waals surface area contributed by atoms with Crippen LogP contribution in [-0.2, 0) is 6.42 Å². The number of fused-ring (bicyclic) bond motifs is 1. The van der Waals surface area contributed by atoms with Crippen LogP contribution in [0.15, 0.2) is 84.9 Å². The third kappa shape index (κ3) is 2.71. The van der Waals surface area contributed by atoms with E-state index in [1.54, 1.807) is 0 Å². The van der Waals surface area contributed by atoms with Crippen LogP contribution in [-0.4, -0.2) is 5.78 Å². The van der Waals surface area contributed by atoms with Crippen molar-refractivity contribution in [3.8, 4) is 0 Å². The van der Waals surface area contributed by atoms with Crippen molar-refractivity contribution in [1.29, 1.82) is 0 Å². The molecule has 118 valence electrons. The van der Waals surface area contributed by atoms with Gasteiger partial charge < -0.3 is 5.32 Å². The fourth-order valence-corrected chi connectivity index (χ4v) is 3.53. The molecule has 0 heterocycles. The molecular weight excluding hydrogens is 294 g/mol. The third-order valence-corrected chi connectivity index (χ3v) is 4.72. The number of Topliss-reactive ketones (excluding diaryl/α,β-unsaturated/α-hetero) is 1. The lowest BCUT2D eigenvalue weighted by molar-refractivity contribution is 0.0924. The second-order valence-corrected chi connectivity index (χ2v) is 6.23. The Morgan fingerprint density at radius 3 is 2.12 bits per heavy atom. The van der Waals surface area contributed by atoms with E-state index in [4.69, 9.17) is 0 Å².